The number of carbonyl (C=O) groups is 1. The van der Waals surface area contributed by atoms with Gasteiger partial charge in [0.15, 0.2) is 17.6 Å². The smallest absolute Gasteiger partial charge is 0.261 e. The molecule has 1 heterocycles. The van der Waals surface area contributed by atoms with E-state index in [0.717, 1.165) is 11.1 Å². The molecule has 0 aliphatic rings. The predicted molar refractivity (Wildman–Crippen MR) is 95.5 cm³/mol. The lowest BCUT2D eigenvalue weighted by Crippen LogP contribution is -2.36. The summed E-state index contributed by atoms with van der Waals surface area (Å²) in [6, 6.07) is 7.18. The summed E-state index contributed by atoms with van der Waals surface area (Å²) in [5, 5.41) is 3.18. The fourth-order valence-electron chi connectivity index (χ4n) is 2.15. The second-order valence-electron chi connectivity index (χ2n) is 5.47. The number of methoxy groups -OCH3 is 2. The third-order valence-corrected chi connectivity index (χ3v) is 3.79. The zero-order valence-electron chi connectivity index (χ0n) is 14.6. The highest BCUT2D eigenvalue weighted by molar-refractivity contribution is 6.31. The largest absolute Gasteiger partial charge is 0.493 e. The maximum absolute atomic E-state index is 12.2. The van der Waals surface area contributed by atoms with Crippen LogP contribution in [0.15, 0.2) is 30.5 Å². The number of aromatic nitrogens is 1. The summed E-state index contributed by atoms with van der Waals surface area (Å²) in [7, 11) is 3.14. The average molecular weight is 365 g/mol. The fraction of sp³-hybridized carbons (Fsp3) is 0.333. The van der Waals surface area contributed by atoms with E-state index in [0.29, 0.717) is 23.1 Å². The highest BCUT2D eigenvalue weighted by atomic mass is 35.5. The number of amides is 1. The average Bonchev–Trinajstić information content (AvgIpc) is 2.61. The van der Waals surface area contributed by atoms with Gasteiger partial charge in [0, 0.05) is 12.7 Å². The molecule has 1 aromatic carbocycles. The molecule has 0 radical (unpaired) electrons. The molecular weight excluding hydrogens is 344 g/mol. The zero-order valence-corrected chi connectivity index (χ0v) is 15.4. The number of hydrogen-bond acceptors (Lipinski definition) is 5. The molecule has 1 amide bonds. The van der Waals surface area contributed by atoms with E-state index in [1.165, 1.54) is 0 Å². The maximum Gasteiger partial charge on any atom is 0.261 e. The Labute approximate surface area is 152 Å². The molecule has 0 fully saturated rings. The van der Waals surface area contributed by atoms with Crippen molar-refractivity contribution in [3.8, 4) is 17.4 Å². The Morgan fingerprint density at radius 3 is 2.60 bits per heavy atom. The van der Waals surface area contributed by atoms with Gasteiger partial charge in [0.1, 0.15) is 5.02 Å². The normalized spacial score (nSPS) is 11.6. The molecule has 0 spiro atoms. The molecule has 0 bridgehead atoms. The number of ether oxygens (including phenoxy) is 3. The van der Waals surface area contributed by atoms with Gasteiger partial charge in [-0.2, -0.15) is 0 Å². The van der Waals surface area contributed by atoms with Crippen LogP contribution in [-0.4, -0.2) is 31.2 Å². The van der Waals surface area contributed by atoms with Gasteiger partial charge < -0.3 is 19.5 Å². The molecule has 0 aliphatic heterocycles. The van der Waals surface area contributed by atoms with Gasteiger partial charge in [-0.25, -0.2) is 4.98 Å². The Hall–Kier alpha value is -2.47. The van der Waals surface area contributed by atoms with E-state index in [2.05, 4.69) is 10.3 Å². The molecule has 6 nitrogen and oxygen atoms in total. The standard InChI is InChI=1S/C18H21ClN2O4/c1-11-7-14(19)18(21-9-11)25-12(2)17(22)20-10-13-5-6-15(23-3)16(8-13)24-4/h5-9,12H,10H2,1-4H3,(H,20,22). The molecule has 0 aliphatic carbocycles. The number of nitrogens with one attached hydrogen (secondary N) is 1. The summed E-state index contributed by atoms with van der Waals surface area (Å²) >= 11 is 6.07. The van der Waals surface area contributed by atoms with Gasteiger partial charge in [0.2, 0.25) is 5.88 Å². The van der Waals surface area contributed by atoms with Crippen LogP contribution in [0, 0.1) is 6.92 Å². The second kappa shape index (κ2) is 8.58. The van der Waals surface area contributed by atoms with Crippen molar-refractivity contribution < 1.29 is 19.0 Å². The molecule has 25 heavy (non-hydrogen) atoms. The van der Waals surface area contributed by atoms with Crippen LogP contribution in [0.25, 0.3) is 0 Å². The maximum atomic E-state index is 12.2. The monoisotopic (exact) mass is 364 g/mol. The number of pyridine rings is 1. The van der Waals surface area contributed by atoms with Gasteiger partial charge in [-0.05, 0) is 43.2 Å². The third-order valence-electron chi connectivity index (χ3n) is 3.52. The van der Waals surface area contributed by atoms with E-state index < -0.39 is 6.10 Å². The Balaban J connectivity index is 1.95. The van der Waals surface area contributed by atoms with E-state index in [-0.39, 0.29) is 11.8 Å². The van der Waals surface area contributed by atoms with Crippen molar-refractivity contribution in [3.63, 3.8) is 0 Å². The minimum atomic E-state index is -0.729. The Bertz CT molecular complexity index is 752. The summed E-state index contributed by atoms with van der Waals surface area (Å²) in [4.78, 5) is 16.3. The zero-order chi connectivity index (χ0) is 18.4. The Morgan fingerprint density at radius 2 is 1.96 bits per heavy atom. The minimum absolute atomic E-state index is 0.237. The lowest BCUT2D eigenvalue weighted by atomic mass is 10.2. The quantitative estimate of drug-likeness (QED) is 0.817. The molecule has 0 saturated heterocycles. The summed E-state index contributed by atoms with van der Waals surface area (Å²) in [5.74, 6) is 1.21. The minimum Gasteiger partial charge on any atom is -0.493 e. The molecular formula is C18H21ClN2O4. The molecule has 2 aromatic rings. The van der Waals surface area contributed by atoms with Crippen molar-refractivity contribution in [2.24, 2.45) is 0 Å². The predicted octanol–water partition coefficient (Wildman–Crippen LogP) is 3.14. The van der Waals surface area contributed by atoms with E-state index in [4.69, 9.17) is 25.8 Å². The first-order chi connectivity index (χ1) is 11.9. The Morgan fingerprint density at radius 1 is 1.24 bits per heavy atom. The molecule has 1 aromatic heterocycles. The van der Waals surface area contributed by atoms with Crippen LogP contribution in [0.5, 0.6) is 17.4 Å². The summed E-state index contributed by atoms with van der Waals surface area (Å²) in [5.41, 5.74) is 1.80. The third kappa shape index (κ3) is 5.00. The van der Waals surface area contributed by atoms with Crippen molar-refractivity contribution >= 4 is 17.5 Å². The number of carbonyl (C=O) groups excluding carboxylic acids is 1. The van der Waals surface area contributed by atoms with E-state index in [1.54, 1.807) is 39.5 Å². The van der Waals surface area contributed by atoms with Crippen LogP contribution < -0.4 is 19.5 Å². The van der Waals surface area contributed by atoms with Crippen molar-refractivity contribution in [3.05, 3.63) is 46.6 Å². The van der Waals surface area contributed by atoms with Gasteiger partial charge in [0.05, 0.1) is 14.2 Å². The fourth-order valence-corrected chi connectivity index (χ4v) is 2.42. The molecule has 0 saturated carbocycles. The molecule has 7 heteroatoms. The molecule has 2 rings (SSSR count). The number of nitrogens with zero attached hydrogens (tertiary/aromatic N) is 1. The first-order valence-corrected chi connectivity index (χ1v) is 8.09. The Kier molecular flexibility index (Phi) is 6.47. The van der Waals surface area contributed by atoms with Crippen LogP contribution in [0.2, 0.25) is 5.02 Å². The lowest BCUT2D eigenvalue weighted by molar-refractivity contribution is -0.127. The van der Waals surface area contributed by atoms with E-state index in [9.17, 15) is 4.79 Å². The number of hydrogen-bond donors (Lipinski definition) is 1. The summed E-state index contributed by atoms with van der Waals surface area (Å²) in [6.07, 6.45) is 0.906. The molecule has 1 atom stereocenters. The highest BCUT2D eigenvalue weighted by Crippen LogP contribution is 2.27. The van der Waals surface area contributed by atoms with Crippen LogP contribution in [-0.2, 0) is 11.3 Å². The van der Waals surface area contributed by atoms with Crippen LogP contribution in [0.1, 0.15) is 18.1 Å². The van der Waals surface area contributed by atoms with Gasteiger partial charge in [-0.3, -0.25) is 4.79 Å². The van der Waals surface area contributed by atoms with Gasteiger partial charge in [0.25, 0.3) is 5.91 Å². The first-order valence-electron chi connectivity index (χ1n) is 7.72. The summed E-state index contributed by atoms with van der Waals surface area (Å²) < 4.78 is 16.0. The van der Waals surface area contributed by atoms with Crippen LogP contribution in [0.4, 0.5) is 0 Å². The first kappa shape index (κ1) is 18.9. The number of aryl methyl sites for hydroxylation is 1. The van der Waals surface area contributed by atoms with Crippen molar-refractivity contribution in [1.29, 1.82) is 0 Å². The summed E-state index contributed by atoms with van der Waals surface area (Å²) in [6.45, 7) is 3.85. The van der Waals surface area contributed by atoms with Gasteiger partial charge in [-0.1, -0.05) is 17.7 Å². The van der Waals surface area contributed by atoms with Crippen LogP contribution >= 0.6 is 11.6 Å². The van der Waals surface area contributed by atoms with E-state index >= 15 is 0 Å². The SMILES string of the molecule is COc1ccc(CNC(=O)C(C)Oc2ncc(C)cc2Cl)cc1OC. The second-order valence-corrected chi connectivity index (χ2v) is 5.87. The van der Waals surface area contributed by atoms with Crippen molar-refractivity contribution in [2.45, 2.75) is 26.5 Å². The lowest BCUT2D eigenvalue weighted by Gasteiger charge is -2.15. The van der Waals surface area contributed by atoms with Crippen molar-refractivity contribution in [1.82, 2.24) is 10.3 Å². The molecule has 134 valence electrons. The van der Waals surface area contributed by atoms with Gasteiger partial charge >= 0.3 is 0 Å². The molecule has 1 N–H and O–H groups in total. The van der Waals surface area contributed by atoms with Gasteiger partial charge in [-0.15, -0.1) is 0 Å². The highest BCUT2D eigenvalue weighted by Gasteiger charge is 2.17. The number of benzene rings is 1. The number of rotatable bonds is 7. The van der Waals surface area contributed by atoms with Crippen molar-refractivity contribution in [2.75, 3.05) is 14.2 Å². The van der Waals surface area contributed by atoms with Crippen LogP contribution in [0.3, 0.4) is 0 Å². The number of halogens is 1. The topological polar surface area (TPSA) is 69.7 Å². The van der Waals surface area contributed by atoms with E-state index in [1.807, 2.05) is 19.1 Å². The molecule has 1 unspecified atom stereocenters.